The van der Waals surface area contributed by atoms with Crippen LogP contribution < -0.4 is 4.90 Å². The van der Waals surface area contributed by atoms with Crippen molar-refractivity contribution in [2.24, 2.45) is 0 Å². The summed E-state index contributed by atoms with van der Waals surface area (Å²) in [6.07, 6.45) is 6.22. The average molecular weight is 509 g/mol. The second kappa shape index (κ2) is 8.74. The highest BCUT2D eigenvalue weighted by Crippen LogP contribution is 2.39. The SMILES string of the molecule is CN1C=CN(c2ccc3cccc(-c4cccc(-n5c6ccccc6c6c(C(C)(C)C)ccnc65)c4)c3c2)C1. The van der Waals surface area contributed by atoms with E-state index in [0.717, 1.165) is 18.0 Å². The van der Waals surface area contributed by atoms with Crippen molar-refractivity contribution in [3.63, 3.8) is 0 Å². The molecule has 0 aliphatic carbocycles. The maximum atomic E-state index is 4.93. The van der Waals surface area contributed by atoms with Crippen molar-refractivity contribution < 1.29 is 0 Å². The summed E-state index contributed by atoms with van der Waals surface area (Å²) < 4.78 is 2.32. The second-order valence-electron chi connectivity index (χ2n) is 11.6. The van der Waals surface area contributed by atoms with E-state index in [0.29, 0.717) is 0 Å². The molecule has 7 rings (SSSR count). The number of pyridine rings is 1. The second-order valence-corrected chi connectivity index (χ2v) is 11.6. The summed E-state index contributed by atoms with van der Waals surface area (Å²) in [6, 6.07) is 33.1. The summed E-state index contributed by atoms with van der Waals surface area (Å²) in [6.45, 7) is 7.69. The van der Waals surface area contributed by atoms with Gasteiger partial charge in [0.25, 0.3) is 0 Å². The molecule has 0 saturated heterocycles. The van der Waals surface area contributed by atoms with Crippen molar-refractivity contribution in [1.82, 2.24) is 14.5 Å². The van der Waals surface area contributed by atoms with Gasteiger partial charge in [-0.3, -0.25) is 4.57 Å². The molecule has 0 atom stereocenters. The van der Waals surface area contributed by atoms with Crippen molar-refractivity contribution in [2.75, 3.05) is 18.6 Å². The van der Waals surface area contributed by atoms with Crippen LogP contribution in [0.3, 0.4) is 0 Å². The fraction of sp³-hybridized carbons (Fsp3) is 0.171. The summed E-state index contributed by atoms with van der Waals surface area (Å²) in [5.74, 6) is 0. The van der Waals surface area contributed by atoms with Crippen molar-refractivity contribution in [1.29, 1.82) is 0 Å². The Bertz CT molecular complexity index is 1900. The van der Waals surface area contributed by atoms with Gasteiger partial charge in [-0.05, 0) is 69.3 Å². The van der Waals surface area contributed by atoms with Crippen molar-refractivity contribution in [3.05, 3.63) is 115 Å². The zero-order valence-corrected chi connectivity index (χ0v) is 22.9. The number of benzene rings is 4. The van der Waals surface area contributed by atoms with Crippen LogP contribution in [0.4, 0.5) is 5.69 Å². The van der Waals surface area contributed by atoms with Crippen LogP contribution in [0.25, 0.3) is 49.5 Å². The highest BCUT2D eigenvalue weighted by atomic mass is 15.3. The molecule has 0 saturated carbocycles. The van der Waals surface area contributed by atoms with Gasteiger partial charge in [0.2, 0.25) is 0 Å². The standard InChI is InChI=1S/C35H32N4/c1-35(2,3)31-17-18-36-34-33(31)29-12-5-6-14-32(29)39(34)27-11-7-10-25(21-27)28-13-8-9-24-15-16-26(22-30(24)28)38-20-19-37(4)23-38/h5-22H,23H2,1-4H3. The number of hydrogen-bond donors (Lipinski definition) is 0. The number of nitrogens with zero attached hydrogens (tertiary/aromatic N) is 4. The van der Waals surface area contributed by atoms with Gasteiger partial charge >= 0.3 is 0 Å². The lowest BCUT2D eigenvalue weighted by Gasteiger charge is -2.20. The Morgan fingerprint density at radius 1 is 0.744 bits per heavy atom. The van der Waals surface area contributed by atoms with Gasteiger partial charge in [-0.25, -0.2) is 4.98 Å². The molecule has 0 fully saturated rings. The van der Waals surface area contributed by atoms with Crippen LogP contribution in [0.1, 0.15) is 26.3 Å². The summed E-state index contributed by atoms with van der Waals surface area (Å²) in [7, 11) is 2.10. The molecule has 0 bridgehead atoms. The first kappa shape index (κ1) is 23.5. The number of fused-ring (bicyclic) bond motifs is 4. The fourth-order valence-electron chi connectivity index (χ4n) is 5.97. The van der Waals surface area contributed by atoms with Gasteiger partial charge < -0.3 is 9.80 Å². The third kappa shape index (κ3) is 3.87. The minimum absolute atomic E-state index is 0.0119. The third-order valence-corrected chi connectivity index (χ3v) is 7.85. The molecule has 3 heterocycles. The van der Waals surface area contributed by atoms with Gasteiger partial charge in [0.15, 0.2) is 0 Å². The molecule has 4 aromatic carbocycles. The van der Waals surface area contributed by atoms with Crippen molar-refractivity contribution in [2.45, 2.75) is 26.2 Å². The summed E-state index contributed by atoms with van der Waals surface area (Å²) in [5, 5.41) is 4.98. The van der Waals surface area contributed by atoms with Crippen LogP contribution in [0.15, 0.2) is 110 Å². The molecule has 6 aromatic rings. The zero-order chi connectivity index (χ0) is 26.7. The molecular formula is C35H32N4. The Hall–Kier alpha value is -4.57. The van der Waals surface area contributed by atoms with Crippen LogP contribution in [-0.2, 0) is 5.41 Å². The van der Waals surface area contributed by atoms with E-state index in [1.54, 1.807) is 0 Å². The minimum Gasteiger partial charge on any atom is -0.361 e. The normalized spacial score (nSPS) is 13.8. The van der Waals surface area contributed by atoms with E-state index < -0.39 is 0 Å². The predicted molar refractivity (Wildman–Crippen MR) is 164 cm³/mol. The molecule has 0 N–H and O–H groups in total. The van der Waals surface area contributed by atoms with Crippen LogP contribution in [0.5, 0.6) is 0 Å². The van der Waals surface area contributed by atoms with E-state index in [9.17, 15) is 0 Å². The van der Waals surface area contributed by atoms with Gasteiger partial charge in [0.1, 0.15) is 5.65 Å². The van der Waals surface area contributed by atoms with E-state index in [1.807, 2.05) is 6.20 Å². The molecule has 39 heavy (non-hydrogen) atoms. The van der Waals surface area contributed by atoms with Gasteiger partial charge in [-0.1, -0.05) is 75.4 Å². The molecule has 2 aromatic heterocycles. The van der Waals surface area contributed by atoms with E-state index in [2.05, 4.69) is 146 Å². The fourth-order valence-corrected chi connectivity index (χ4v) is 5.97. The van der Waals surface area contributed by atoms with Gasteiger partial charge in [-0.15, -0.1) is 0 Å². The van der Waals surface area contributed by atoms with E-state index >= 15 is 0 Å². The highest BCUT2D eigenvalue weighted by Gasteiger charge is 2.23. The molecule has 0 radical (unpaired) electrons. The highest BCUT2D eigenvalue weighted by molar-refractivity contribution is 6.10. The molecular weight excluding hydrogens is 476 g/mol. The largest absolute Gasteiger partial charge is 0.361 e. The summed E-state index contributed by atoms with van der Waals surface area (Å²) in [4.78, 5) is 9.40. The first-order chi connectivity index (χ1) is 18.9. The zero-order valence-electron chi connectivity index (χ0n) is 22.9. The minimum atomic E-state index is 0.0119. The molecule has 1 aliphatic rings. The van der Waals surface area contributed by atoms with Crippen molar-refractivity contribution in [3.8, 4) is 16.8 Å². The lowest BCUT2D eigenvalue weighted by Crippen LogP contribution is -2.21. The maximum absolute atomic E-state index is 4.93. The molecule has 0 spiro atoms. The molecule has 192 valence electrons. The van der Waals surface area contributed by atoms with Gasteiger partial charge in [0, 0.05) is 47.8 Å². The molecule has 0 amide bonds. The number of aromatic nitrogens is 2. The maximum Gasteiger partial charge on any atom is 0.145 e. The van der Waals surface area contributed by atoms with Gasteiger partial charge in [-0.2, -0.15) is 0 Å². The number of anilines is 1. The monoisotopic (exact) mass is 508 g/mol. The molecule has 0 unspecified atom stereocenters. The van der Waals surface area contributed by atoms with Crippen molar-refractivity contribution >= 4 is 38.4 Å². The molecule has 1 aliphatic heterocycles. The number of hydrogen-bond acceptors (Lipinski definition) is 3. The van der Waals surface area contributed by atoms with Crippen LogP contribution >= 0.6 is 0 Å². The molecule has 4 nitrogen and oxygen atoms in total. The number of rotatable bonds is 3. The van der Waals surface area contributed by atoms with Crippen LogP contribution in [0, 0.1) is 0 Å². The quantitative estimate of drug-likeness (QED) is 0.240. The Labute approximate surface area is 229 Å². The Balaban J connectivity index is 1.43. The topological polar surface area (TPSA) is 24.3 Å². The first-order valence-corrected chi connectivity index (χ1v) is 13.6. The lowest BCUT2D eigenvalue weighted by molar-refractivity contribution is 0.496. The Morgan fingerprint density at radius 3 is 2.41 bits per heavy atom. The van der Waals surface area contributed by atoms with E-state index in [4.69, 9.17) is 4.98 Å². The average Bonchev–Trinajstić information content (AvgIpc) is 3.53. The predicted octanol–water partition coefficient (Wildman–Crippen LogP) is 8.48. The first-order valence-electron chi connectivity index (χ1n) is 13.6. The third-order valence-electron chi connectivity index (χ3n) is 7.85. The smallest absolute Gasteiger partial charge is 0.145 e. The van der Waals surface area contributed by atoms with Crippen LogP contribution in [0.2, 0.25) is 0 Å². The summed E-state index contributed by atoms with van der Waals surface area (Å²) in [5.41, 5.74) is 8.27. The van der Waals surface area contributed by atoms with E-state index in [1.165, 1.54) is 49.4 Å². The number of para-hydroxylation sites is 1. The van der Waals surface area contributed by atoms with E-state index in [-0.39, 0.29) is 5.41 Å². The molecule has 4 heteroatoms. The van der Waals surface area contributed by atoms with Gasteiger partial charge in [0.05, 0.1) is 12.2 Å². The Morgan fingerprint density at radius 2 is 1.59 bits per heavy atom. The lowest BCUT2D eigenvalue weighted by atomic mass is 9.85. The van der Waals surface area contributed by atoms with Crippen LogP contribution in [-0.4, -0.2) is 28.2 Å². The Kier molecular flexibility index (Phi) is 5.27. The summed E-state index contributed by atoms with van der Waals surface area (Å²) >= 11 is 0.